The second-order valence-electron chi connectivity index (χ2n) is 5.67. The molecule has 25 heavy (non-hydrogen) atoms. The van der Waals surface area contributed by atoms with Crippen LogP contribution in [-0.2, 0) is 0 Å². The molecule has 0 fully saturated rings. The van der Waals surface area contributed by atoms with Gasteiger partial charge in [-0.05, 0) is 18.2 Å². The fourth-order valence-electron chi connectivity index (χ4n) is 2.92. The number of hydrogen-bond donors (Lipinski definition) is 1. The predicted molar refractivity (Wildman–Crippen MR) is 93.1 cm³/mol. The maximum absolute atomic E-state index is 12.7. The lowest BCUT2D eigenvalue weighted by Gasteiger charge is -2.28. The zero-order valence-electron chi connectivity index (χ0n) is 13.6. The normalized spacial score (nSPS) is 12.5. The summed E-state index contributed by atoms with van der Waals surface area (Å²) in [6, 6.07) is 18.5. The monoisotopic (exact) mass is 332 g/mol. The topological polar surface area (TPSA) is 60.5 Å². The second kappa shape index (κ2) is 6.28. The molecule has 0 spiro atoms. The molecule has 0 saturated heterocycles. The van der Waals surface area contributed by atoms with Gasteiger partial charge in [0.2, 0.25) is 5.88 Å². The largest absolute Gasteiger partial charge is 0.481 e. The number of hydrogen-bond acceptors (Lipinski definition) is 4. The average Bonchev–Trinajstić information content (AvgIpc) is 2.67. The molecule has 0 aliphatic carbocycles. The van der Waals surface area contributed by atoms with E-state index >= 15 is 0 Å². The van der Waals surface area contributed by atoms with Gasteiger partial charge < -0.3 is 14.8 Å². The van der Waals surface area contributed by atoms with Crippen molar-refractivity contribution in [2.75, 3.05) is 7.11 Å². The molecule has 1 aliphatic rings. The number of aromatic nitrogens is 1. The number of nitrogens with one attached hydrogen (secondary N) is 1. The molecule has 1 aromatic heterocycles. The number of fused-ring (bicyclic) bond motifs is 2. The molecule has 0 saturated carbocycles. The first-order valence-corrected chi connectivity index (χ1v) is 7.93. The number of amides is 1. The summed E-state index contributed by atoms with van der Waals surface area (Å²) >= 11 is 0. The molecule has 5 heteroatoms. The molecule has 2 heterocycles. The number of para-hydroxylation sites is 2. The standard InChI is InChI=1S/C20H16N2O3/c1-24-18-11-10-13(12-21-18)20(23)22-19-14-6-2-4-8-16(14)25-17-9-5-3-7-15(17)19/h2-12,19H,1H3,(H,22,23). The zero-order valence-corrected chi connectivity index (χ0v) is 13.6. The van der Waals surface area contributed by atoms with Crippen LogP contribution in [0.2, 0.25) is 0 Å². The minimum Gasteiger partial charge on any atom is -0.481 e. The van der Waals surface area contributed by atoms with Crippen molar-refractivity contribution in [2.45, 2.75) is 6.04 Å². The van der Waals surface area contributed by atoms with Gasteiger partial charge in [0, 0.05) is 23.4 Å². The number of ether oxygens (including phenoxy) is 2. The zero-order chi connectivity index (χ0) is 17.2. The molecular weight excluding hydrogens is 316 g/mol. The van der Waals surface area contributed by atoms with Crippen molar-refractivity contribution in [2.24, 2.45) is 0 Å². The van der Waals surface area contributed by atoms with E-state index in [9.17, 15) is 4.79 Å². The lowest BCUT2D eigenvalue weighted by atomic mass is 9.94. The van der Waals surface area contributed by atoms with Gasteiger partial charge >= 0.3 is 0 Å². The Morgan fingerprint density at radius 1 is 1.00 bits per heavy atom. The highest BCUT2D eigenvalue weighted by molar-refractivity contribution is 5.94. The van der Waals surface area contributed by atoms with Crippen LogP contribution in [0.25, 0.3) is 0 Å². The molecule has 0 radical (unpaired) electrons. The van der Waals surface area contributed by atoms with E-state index in [1.54, 1.807) is 12.1 Å². The second-order valence-corrected chi connectivity index (χ2v) is 5.67. The third kappa shape index (κ3) is 2.80. The van der Waals surface area contributed by atoms with Crippen LogP contribution in [0.3, 0.4) is 0 Å². The number of carbonyl (C=O) groups is 1. The Hall–Kier alpha value is -3.34. The van der Waals surface area contributed by atoms with Gasteiger partial charge in [0.1, 0.15) is 11.5 Å². The minimum atomic E-state index is -0.282. The third-order valence-electron chi connectivity index (χ3n) is 4.16. The highest BCUT2D eigenvalue weighted by Gasteiger charge is 2.28. The Kier molecular flexibility index (Phi) is 3.82. The molecule has 2 aromatic carbocycles. The molecule has 1 aliphatic heterocycles. The average molecular weight is 332 g/mol. The molecule has 1 N–H and O–H groups in total. The highest BCUT2D eigenvalue weighted by Crippen LogP contribution is 2.42. The summed E-state index contributed by atoms with van der Waals surface area (Å²) < 4.78 is 11.0. The predicted octanol–water partition coefficient (Wildman–Crippen LogP) is 3.72. The molecule has 3 aromatic rings. The Labute approximate surface area is 145 Å². The van der Waals surface area contributed by atoms with E-state index in [2.05, 4.69) is 10.3 Å². The summed E-state index contributed by atoms with van der Waals surface area (Å²) in [5.74, 6) is 1.77. The third-order valence-corrected chi connectivity index (χ3v) is 4.16. The fourth-order valence-corrected chi connectivity index (χ4v) is 2.92. The fraction of sp³-hybridized carbons (Fsp3) is 0.100. The maximum atomic E-state index is 12.7. The molecule has 0 unspecified atom stereocenters. The van der Waals surface area contributed by atoms with E-state index in [1.165, 1.54) is 13.3 Å². The van der Waals surface area contributed by atoms with Crippen LogP contribution in [0.4, 0.5) is 0 Å². The van der Waals surface area contributed by atoms with E-state index in [4.69, 9.17) is 9.47 Å². The molecule has 5 nitrogen and oxygen atoms in total. The van der Waals surface area contributed by atoms with Gasteiger partial charge in [0.15, 0.2) is 0 Å². The molecule has 0 atom stereocenters. The van der Waals surface area contributed by atoms with E-state index in [0.29, 0.717) is 11.4 Å². The van der Waals surface area contributed by atoms with Crippen molar-refractivity contribution in [3.8, 4) is 17.4 Å². The van der Waals surface area contributed by atoms with Crippen LogP contribution >= 0.6 is 0 Å². The van der Waals surface area contributed by atoms with E-state index in [0.717, 1.165) is 22.6 Å². The van der Waals surface area contributed by atoms with Gasteiger partial charge in [0.05, 0.1) is 18.7 Å². The summed E-state index contributed by atoms with van der Waals surface area (Å²) in [7, 11) is 1.54. The van der Waals surface area contributed by atoms with Crippen molar-refractivity contribution in [3.63, 3.8) is 0 Å². The van der Waals surface area contributed by atoms with Crippen LogP contribution < -0.4 is 14.8 Å². The summed E-state index contributed by atoms with van der Waals surface area (Å²) in [5.41, 5.74) is 2.33. The SMILES string of the molecule is COc1ccc(C(=O)NC2c3ccccc3Oc3ccccc32)cn1. The Morgan fingerprint density at radius 2 is 1.64 bits per heavy atom. The van der Waals surface area contributed by atoms with Gasteiger partial charge in [-0.2, -0.15) is 0 Å². The minimum absolute atomic E-state index is 0.202. The first-order valence-electron chi connectivity index (χ1n) is 7.93. The van der Waals surface area contributed by atoms with E-state index < -0.39 is 0 Å². The van der Waals surface area contributed by atoms with Crippen molar-refractivity contribution >= 4 is 5.91 Å². The Balaban J connectivity index is 1.68. The molecule has 1 amide bonds. The summed E-state index contributed by atoms with van der Waals surface area (Å²) in [6.45, 7) is 0. The van der Waals surface area contributed by atoms with Crippen LogP contribution in [0.5, 0.6) is 17.4 Å². The quantitative estimate of drug-likeness (QED) is 0.794. The Morgan fingerprint density at radius 3 is 2.20 bits per heavy atom. The van der Waals surface area contributed by atoms with Gasteiger partial charge in [-0.25, -0.2) is 4.98 Å². The number of methoxy groups -OCH3 is 1. The molecular formula is C20H16N2O3. The van der Waals surface area contributed by atoms with Crippen molar-refractivity contribution in [3.05, 3.63) is 83.6 Å². The van der Waals surface area contributed by atoms with Gasteiger partial charge in [-0.1, -0.05) is 36.4 Å². The van der Waals surface area contributed by atoms with Gasteiger partial charge in [-0.3, -0.25) is 4.79 Å². The van der Waals surface area contributed by atoms with Crippen LogP contribution in [0.15, 0.2) is 66.9 Å². The number of nitrogens with zero attached hydrogens (tertiary/aromatic N) is 1. The molecule has 4 rings (SSSR count). The molecule has 124 valence electrons. The van der Waals surface area contributed by atoms with Crippen molar-refractivity contribution in [1.82, 2.24) is 10.3 Å². The number of pyridine rings is 1. The lowest BCUT2D eigenvalue weighted by molar-refractivity contribution is 0.0941. The van der Waals surface area contributed by atoms with E-state index in [1.807, 2.05) is 48.5 Å². The number of rotatable bonds is 3. The van der Waals surface area contributed by atoms with Crippen LogP contribution in [0, 0.1) is 0 Å². The first kappa shape index (κ1) is 15.2. The van der Waals surface area contributed by atoms with Gasteiger partial charge in [-0.15, -0.1) is 0 Å². The van der Waals surface area contributed by atoms with Crippen LogP contribution in [-0.4, -0.2) is 18.0 Å². The summed E-state index contributed by atoms with van der Waals surface area (Å²) in [6.07, 6.45) is 1.51. The number of carbonyl (C=O) groups excluding carboxylic acids is 1. The summed E-state index contributed by atoms with van der Waals surface area (Å²) in [5, 5.41) is 3.09. The maximum Gasteiger partial charge on any atom is 0.253 e. The van der Waals surface area contributed by atoms with E-state index in [-0.39, 0.29) is 11.9 Å². The highest BCUT2D eigenvalue weighted by atomic mass is 16.5. The first-order chi connectivity index (χ1) is 12.3. The smallest absolute Gasteiger partial charge is 0.253 e. The van der Waals surface area contributed by atoms with Gasteiger partial charge in [0.25, 0.3) is 5.91 Å². The van der Waals surface area contributed by atoms with Crippen molar-refractivity contribution in [1.29, 1.82) is 0 Å². The number of benzene rings is 2. The Bertz CT molecular complexity index is 877. The van der Waals surface area contributed by atoms with Crippen molar-refractivity contribution < 1.29 is 14.3 Å². The lowest BCUT2D eigenvalue weighted by Crippen LogP contribution is -2.31. The molecule has 0 bridgehead atoms. The van der Waals surface area contributed by atoms with Crippen LogP contribution in [0.1, 0.15) is 27.5 Å². The summed E-state index contributed by atoms with van der Waals surface area (Å²) in [4.78, 5) is 16.8.